The molecule has 0 spiro atoms. The van der Waals surface area contributed by atoms with Crippen molar-refractivity contribution in [3.63, 3.8) is 0 Å². The summed E-state index contributed by atoms with van der Waals surface area (Å²) in [6.07, 6.45) is 0.695. The zero-order valence-electron chi connectivity index (χ0n) is 19.6. The normalized spacial score (nSPS) is 11.8. The van der Waals surface area contributed by atoms with Gasteiger partial charge in [-0.15, -0.1) is 0 Å². The molecular formula is C28H23ClN2O5. The molecular weight excluding hydrogens is 480 g/mol. The molecule has 182 valence electrons. The summed E-state index contributed by atoms with van der Waals surface area (Å²) in [5, 5.41) is 6.63. The molecule has 1 atom stereocenters. The molecule has 0 aromatic heterocycles. The second-order valence-corrected chi connectivity index (χ2v) is 8.25. The summed E-state index contributed by atoms with van der Waals surface area (Å²) < 4.78 is 16.5. The van der Waals surface area contributed by atoms with Gasteiger partial charge in [0.2, 0.25) is 0 Å². The van der Waals surface area contributed by atoms with Crippen LogP contribution in [0.3, 0.4) is 0 Å². The fourth-order valence-electron chi connectivity index (χ4n) is 3.35. The lowest BCUT2D eigenvalue weighted by Crippen LogP contribution is -2.33. The maximum atomic E-state index is 12.4. The highest BCUT2D eigenvalue weighted by molar-refractivity contribution is 6.30. The van der Waals surface area contributed by atoms with E-state index in [1.165, 1.54) is 13.3 Å². The van der Waals surface area contributed by atoms with Crippen molar-refractivity contribution < 1.29 is 23.8 Å². The van der Waals surface area contributed by atoms with Crippen LogP contribution < -0.4 is 19.6 Å². The molecule has 4 aromatic rings. The Kier molecular flexibility index (Phi) is 7.82. The average molecular weight is 503 g/mol. The number of nitrogens with zero attached hydrogens (tertiary/aromatic N) is 1. The van der Waals surface area contributed by atoms with Crippen molar-refractivity contribution in [2.24, 2.45) is 5.10 Å². The van der Waals surface area contributed by atoms with Gasteiger partial charge in [0.25, 0.3) is 5.91 Å². The molecule has 0 saturated carbocycles. The molecule has 0 bridgehead atoms. The van der Waals surface area contributed by atoms with Gasteiger partial charge in [-0.1, -0.05) is 41.9 Å². The standard InChI is InChI=1S/C28H23ClN2O5/c1-18(35-24-13-10-20-5-3-4-6-22(20)16-24)27(32)31-30-17-19-7-14-25(26(15-19)34-2)36-28(33)21-8-11-23(29)12-9-21/h3-18H,1-2H3,(H,31,32)/b30-17-/t18-/m0/s1. The smallest absolute Gasteiger partial charge is 0.343 e. The van der Waals surface area contributed by atoms with E-state index in [-0.39, 0.29) is 5.75 Å². The number of ether oxygens (including phenoxy) is 3. The number of carbonyl (C=O) groups is 2. The lowest BCUT2D eigenvalue weighted by atomic mass is 10.1. The summed E-state index contributed by atoms with van der Waals surface area (Å²) in [5.74, 6) is 0.226. The quantitative estimate of drug-likeness (QED) is 0.146. The van der Waals surface area contributed by atoms with Crippen LogP contribution in [-0.4, -0.2) is 31.3 Å². The van der Waals surface area contributed by atoms with E-state index in [4.69, 9.17) is 25.8 Å². The summed E-state index contributed by atoms with van der Waals surface area (Å²) >= 11 is 5.86. The Bertz CT molecular complexity index is 1420. The molecule has 0 aliphatic rings. The fraction of sp³-hybridized carbons (Fsp3) is 0.107. The highest BCUT2D eigenvalue weighted by Crippen LogP contribution is 2.28. The minimum atomic E-state index is -0.757. The largest absolute Gasteiger partial charge is 0.493 e. The third-order valence-corrected chi connectivity index (χ3v) is 5.51. The van der Waals surface area contributed by atoms with Crippen LogP contribution in [0.25, 0.3) is 10.8 Å². The Morgan fingerprint density at radius 1 is 0.917 bits per heavy atom. The average Bonchev–Trinajstić information content (AvgIpc) is 2.89. The van der Waals surface area contributed by atoms with E-state index in [0.717, 1.165) is 10.8 Å². The number of halogens is 1. The van der Waals surface area contributed by atoms with Gasteiger partial charge in [0, 0.05) is 5.02 Å². The van der Waals surface area contributed by atoms with Gasteiger partial charge >= 0.3 is 5.97 Å². The van der Waals surface area contributed by atoms with Crippen LogP contribution in [-0.2, 0) is 4.79 Å². The maximum absolute atomic E-state index is 12.4. The number of benzene rings is 4. The predicted molar refractivity (Wildman–Crippen MR) is 139 cm³/mol. The number of hydrazone groups is 1. The van der Waals surface area contributed by atoms with E-state index in [9.17, 15) is 9.59 Å². The molecule has 0 radical (unpaired) electrons. The third kappa shape index (κ3) is 6.20. The number of carbonyl (C=O) groups excluding carboxylic acids is 2. The van der Waals surface area contributed by atoms with E-state index >= 15 is 0 Å². The molecule has 1 amide bonds. The van der Waals surface area contributed by atoms with Gasteiger partial charge in [-0.25, -0.2) is 10.2 Å². The van der Waals surface area contributed by atoms with E-state index in [0.29, 0.717) is 27.6 Å². The first-order valence-electron chi connectivity index (χ1n) is 11.1. The summed E-state index contributed by atoms with van der Waals surface area (Å²) in [7, 11) is 1.46. The SMILES string of the molecule is COc1cc(/C=N\NC(=O)[C@H](C)Oc2ccc3ccccc3c2)ccc1OC(=O)c1ccc(Cl)cc1. The van der Waals surface area contributed by atoms with Crippen LogP contribution in [0.15, 0.2) is 90.0 Å². The number of nitrogens with one attached hydrogen (secondary N) is 1. The highest BCUT2D eigenvalue weighted by Gasteiger charge is 2.15. The summed E-state index contributed by atoms with van der Waals surface area (Å²) in [6.45, 7) is 1.65. The Hall–Kier alpha value is -4.36. The van der Waals surface area contributed by atoms with Crippen LogP contribution in [0.2, 0.25) is 5.02 Å². The van der Waals surface area contributed by atoms with Crippen molar-refractivity contribution in [1.82, 2.24) is 5.43 Å². The van der Waals surface area contributed by atoms with Crippen LogP contribution in [0.5, 0.6) is 17.2 Å². The topological polar surface area (TPSA) is 86.2 Å². The lowest BCUT2D eigenvalue weighted by molar-refractivity contribution is -0.127. The molecule has 0 aliphatic carbocycles. The van der Waals surface area contributed by atoms with Crippen molar-refractivity contribution in [2.45, 2.75) is 13.0 Å². The van der Waals surface area contributed by atoms with Crippen molar-refractivity contribution >= 4 is 40.5 Å². The fourth-order valence-corrected chi connectivity index (χ4v) is 3.48. The van der Waals surface area contributed by atoms with Gasteiger partial charge in [-0.05, 0) is 77.9 Å². The maximum Gasteiger partial charge on any atom is 0.343 e. The van der Waals surface area contributed by atoms with Crippen LogP contribution >= 0.6 is 11.6 Å². The molecule has 0 aliphatic heterocycles. The van der Waals surface area contributed by atoms with E-state index in [2.05, 4.69) is 10.5 Å². The van der Waals surface area contributed by atoms with Gasteiger partial charge in [0.15, 0.2) is 17.6 Å². The number of amides is 1. The number of methoxy groups -OCH3 is 1. The highest BCUT2D eigenvalue weighted by atomic mass is 35.5. The van der Waals surface area contributed by atoms with Crippen LogP contribution in [0, 0.1) is 0 Å². The Labute approximate surface area is 213 Å². The Morgan fingerprint density at radius 2 is 1.67 bits per heavy atom. The lowest BCUT2D eigenvalue weighted by Gasteiger charge is -2.13. The van der Waals surface area contributed by atoms with Crippen molar-refractivity contribution in [1.29, 1.82) is 0 Å². The van der Waals surface area contributed by atoms with Crippen molar-refractivity contribution in [2.75, 3.05) is 7.11 Å². The molecule has 36 heavy (non-hydrogen) atoms. The van der Waals surface area contributed by atoms with E-state index < -0.39 is 18.0 Å². The molecule has 7 nitrogen and oxygen atoms in total. The number of rotatable bonds is 8. The van der Waals surface area contributed by atoms with Gasteiger partial charge in [0.05, 0.1) is 18.9 Å². The van der Waals surface area contributed by atoms with E-state index in [1.54, 1.807) is 49.4 Å². The summed E-state index contributed by atoms with van der Waals surface area (Å²) in [4.78, 5) is 24.8. The predicted octanol–water partition coefficient (Wildman–Crippen LogP) is 5.64. The van der Waals surface area contributed by atoms with Crippen LogP contribution in [0.4, 0.5) is 0 Å². The van der Waals surface area contributed by atoms with E-state index in [1.807, 2.05) is 42.5 Å². The molecule has 0 fully saturated rings. The van der Waals surface area contributed by atoms with Crippen LogP contribution in [0.1, 0.15) is 22.8 Å². The minimum absolute atomic E-state index is 0.246. The van der Waals surface area contributed by atoms with Crippen molar-refractivity contribution in [3.05, 3.63) is 101 Å². The number of hydrogen-bond acceptors (Lipinski definition) is 6. The molecule has 1 N–H and O–H groups in total. The first kappa shape index (κ1) is 24.8. The molecule has 4 aromatic carbocycles. The monoisotopic (exact) mass is 502 g/mol. The molecule has 4 rings (SSSR count). The molecule has 0 unspecified atom stereocenters. The zero-order valence-corrected chi connectivity index (χ0v) is 20.4. The second kappa shape index (κ2) is 11.4. The second-order valence-electron chi connectivity index (χ2n) is 7.81. The molecule has 0 heterocycles. The van der Waals surface area contributed by atoms with Gasteiger partial charge in [-0.2, -0.15) is 5.10 Å². The Morgan fingerprint density at radius 3 is 2.42 bits per heavy atom. The number of esters is 1. The van der Waals surface area contributed by atoms with Crippen molar-refractivity contribution in [3.8, 4) is 17.2 Å². The first-order chi connectivity index (χ1) is 17.4. The third-order valence-electron chi connectivity index (χ3n) is 5.26. The summed E-state index contributed by atoms with van der Waals surface area (Å²) in [5.41, 5.74) is 3.45. The first-order valence-corrected chi connectivity index (χ1v) is 11.4. The summed E-state index contributed by atoms with van der Waals surface area (Å²) in [6, 6.07) is 24.8. The Balaban J connectivity index is 1.35. The number of hydrogen-bond donors (Lipinski definition) is 1. The number of fused-ring (bicyclic) bond motifs is 1. The van der Waals surface area contributed by atoms with Gasteiger partial charge < -0.3 is 14.2 Å². The minimum Gasteiger partial charge on any atom is -0.493 e. The van der Waals surface area contributed by atoms with Gasteiger partial charge in [-0.3, -0.25) is 4.79 Å². The molecule has 0 saturated heterocycles. The van der Waals surface area contributed by atoms with Gasteiger partial charge in [0.1, 0.15) is 5.75 Å². The zero-order chi connectivity index (χ0) is 25.5. The molecule has 8 heteroatoms.